The van der Waals surface area contributed by atoms with Gasteiger partial charge in [0.15, 0.2) is 0 Å². The minimum Gasteiger partial charge on any atom is -0.465 e. The molecule has 0 fully saturated rings. The number of ether oxygens (including phenoxy) is 1. The summed E-state index contributed by atoms with van der Waals surface area (Å²) < 4.78 is 10.1. The Balaban J connectivity index is 2.06. The van der Waals surface area contributed by atoms with E-state index in [-0.39, 0.29) is 5.75 Å². The lowest BCUT2D eigenvalue weighted by atomic mass is 10.2. The fraction of sp³-hybridized carbons (Fsp3) is 0. The second-order valence-corrected chi connectivity index (χ2v) is 3.38. The molecule has 0 spiro atoms. The van der Waals surface area contributed by atoms with E-state index in [0.717, 1.165) is 0 Å². The van der Waals surface area contributed by atoms with Crippen molar-refractivity contribution < 1.29 is 13.9 Å². The van der Waals surface area contributed by atoms with Crippen LogP contribution in [-0.4, -0.2) is 5.97 Å². The number of para-hydroxylation sites is 1. The topological polar surface area (TPSA) is 63.2 Å². The molecule has 18 heavy (non-hydrogen) atoms. The summed E-state index contributed by atoms with van der Waals surface area (Å²) in [7, 11) is 0. The Morgan fingerprint density at radius 2 is 2.11 bits per heavy atom. The molecule has 1 heterocycles. The molecule has 4 nitrogen and oxygen atoms in total. The monoisotopic (exact) mass is 239 g/mol. The highest BCUT2D eigenvalue weighted by atomic mass is 16.5. The molecule has 0 amide bonds. The Morgan fingerprint density at radius 3 is 2.83 bits per heavy atom. The number of furan rings is 1. The smallest absolute Gasteiger partial charge is 0.336 e. The molecule has 0 unspecified atom stereocenters. The minimum atomic E-state index is -0.561. The Hall–Kier alpha value is -2.80. The van der Waals surface area contributed by atoms with Crippen LogP contribution in [0.1, 0.15) is 11.3 Å². The summed E-state index contributed by atoms with van der Waals surface area (Å²) in [5, 5.41) is 8.84. The molecule has 2 aromatic rings. The first-order chi connectivity index (χ1) is 8.79. The van der Waals surface area contributed by atoms with E-state index in [1.54, 1.807) is 36.4 Å². The summed E-state index contributed by atoms with van der Waals surface area (Å²) in [5.41, 5.74) is 0.317. The van der Waals surface area contributed by atoms with Crippen LogP contribution in [-0.2, 0) is 4.79 Å². The molecule has 0 aliphatic heterocycles. The first-order valence-electron chi connectivity index (χ1n) is 5.22. The molecule has 0 bridgehead atoms. The molecular formula is C14H9NO3. The minimum absolute atomic E-state index is 0.245. The maximum absolute atomic E-state index is 11.5. The number of hydrogen-bond donors (Lipinski definition) is 0. The zero-order chi connectivity index (χ0) is 12.8. The van der Waals surface area contributed by atoms with Gasteiger partial charge < -0.3 is 9.15 Å². The third-order valence-corrected chi connectivity index (χ3v) is 2.14. The average Bonchev–Trinajstić information content (AvgIpc) is 2.90. The molecule has 1 aromatic heterocycles. The second kappa shape index (κ2) is 5.51. The van der Waals surface area contributed by atoms with Crippen molar-refractivity contribution >= 4 is 12.0 Å². The standard InChI is InChI=1S/C14H9NO3/c15-10-11-4-1-2-6-13(11)18-14(16)8-7-12-5-3-9-17-12/h1-9H/b8-7+. The van der Waals surface area contributed by atoms with Gasteiger partial charge in [-0.25, -0.2) is 4.79 Å². The van der Waals surface area contributed by atoms with Crippen molar-refractivity contribution in [1.82, 2.24) is 0 Å². The highest BCUT2D eigenvalue weighted by Gasteiger charge is 2.05. The summed E-state index contributed by atoms with van der Waals surface area (Å²) in [5.74, 6) is 0.240. The van der Waals surface area contributed by atoms with Crippen molar-refractivity contribution in [2.75, 3.05) is 0 Å². The van der Waals surface area contributed by atoms with E-state index in [4.69, 9.17) is 14.4 Å². The number of hydrogen-bond acceptors (Lipinski definition) is 4. The number of esters is 1. The number of nitrogens with zero attached hydrogens (tertiary/aromatic N) is 1. The molecule has 0 aliphatic carbocycles. The summed E-state index contributed by atoms with van der Waals surface area (Å²) in [6.07, 6.45) is 4.25. The van der Waals surface area contributed by atoms with Crippen LogP contribution in [0.3, 0.4) is 0 Å². The molecule has 0 saturated heterocycles. The SMILES string of the molecule is N#Cc1ccccc1OC(=O)/C=C/c1ccco1. The molecule has 0 aliphatic rings. The quantitative estimate of drug-likeness (QED) is 0.469. The Morgan fingerprint density at radius 1 is 1.28 bits per heavy atom. The fourth-order valence-electron chi connectivity index (χ4n) is 1.33. The van der Waals surface area contributed by atoms with Crippen LogP contribution >= 0.6 is 0 Å². The van der Waals surface area contributed by atoms with E-state index in [9.17, 15) is 4.79 Å². The Bertz CT molecular complexity index is 606. The van der Waals surface area contributed by atoms with Gasteiger partial charge in [0.05, 0.1) is 11.8 Å². The van der Waals surface area contributed by atoms with Gasteiger partial charge in [0.25, 0.3) is 0 Å². The van der Waals surface area contributed by atoms with Gasteiger partial charge in [-0.15, -0.1) is 0 Å². The van der Waals surface area contributed by atoms with E-state index in [1.165, 1.54) is 18.4 Å². The van der Waals surface area contributed by atoms with Crippen LogP contribution in [0.25, 0.3) is 6.08 Å². The zero-order valence-electron chi connectivity index (χ0n) is 9.37. The highest BCUT2D eigenvalue weighted by Crippen LogP contribution is 2.16. The normalized spacial score (nSPS) is 10.2. The number of rotatable bonds is 3. The molecule has 0 saturated carbocycles. The first kappa shape index (κ1) is 11.7. The predicted octanol–water partition coefficient (Wildman–Crippen LogP) is 2.77. The summed E-state index contributed by atoms with van der Waals surface area (Å²) in [6.45, 7) is 0. The second-order valence-electron chi connectivity index (χ2n) is 3.38. The molecule has 1 aromatic carbocycles. The van der Waals surface area contributed by atoms with Crippen LogP contribution in [0.2, 0.25) is 0 Å². The summed E-state index contributed by atoms with van der Waals surface area (Å²) in [6, 6.07) is 11.9. The average molecular weight is 239 g/mol. The summed E-state index contributed by atoms with van der Waals surface area (Å²) in [4.78, 5) is 11.5. The third-order valence-electron chi connectivity index (χ3n) is 2.14. The van der Waals surface area contributed by atoms with E-state index in [2.05, 4.69) is 0 Å². The maximum Gasteiger partial charge on any atom is 0.336 e. The van der Waals surface area contributed by atoms with Crippen molar-refractivity contribution in [1.29, 1.82) is 5.26 Å². The van der Waals surface area contributed by atoms with Crippen LogP contribution in [0.15, 0.2) is 53.2 Å². The van der Waals surface area contributed by atoms with Gasteiger partial charge in [0, 0.05) is 6.08 Å². The van der Waals surface area contributed by atoms with Crippen molar-refractivity contribution in [3.8, 4) is 11.8 Å². The lowest BCUT2D eigenvalue weighted by Gasteiger charge is -2.02. The lowest BCUT2D eigenvalue weighted by Crippen LogP contribution is -2.04. The highest BCUT2D eigenvalue weighted by molar-refractivity contribution is 5.88. The Kier molecular flexibility index (Phi) is 3.57. The molecule has 88 valence electrons. The van der Waals surface area contributed by atoms with E-state index in [0.29, 0.717) is 11.3 Å². The Labute approximate surface area is 104 Å². The third kappa shape index (κ3) is 2.86. The van der Waals surface area contributed by atoms with E-state index >= 15 is 0 Å². The maximum atomic E-state index is 11.5. The van der Waals surface area contributed by atoms with Crippen molar-refractivity contribution in [3.63, 3.8) is 0 Å². The molecule has 4 heteroatoms. The first-order valence-corrected chi connectivity index (χ1v) is 5.22. The number of nitriles is 1. The zero-order valence-corrected chi connectivity index (χ0v) is 9.37. The molecule has 0 N–H and O–H groups in total. The molecule has 0 atom stereocenters. The fourth-order valence-corrected chi connectivity index (χ4v) is 1.33. The van der Waals surface area contributed by atoms with Crippen LogP contribution in [0.4, 0.5) is 0 Å². The van der Waals surface area contributed by atoms with E-state index in [1.807, 2.05) is 6.07 Å². The molecular weight excluding hydrogens is 230 g/mol. The van der Waals surface area contributed by atoms with Gasteiger partial charge in [0.1, 0.15) is 17.6 Å². The van der Waals surface area contributed by atoms with Gasteiger partial charge in [-0.05, 0) is 30.3 Å². The van der Waals surface area contributed by atoms with E-state index < -0.39 is 5.97 Å². The predicted molar refractivity (Wildman–Crippen MR) is 64.5 cm³/mol. The number of benzene rings is 1. The van der Waals surface area contributed by atoms with Gasteiger partial charge in [-0.3, -0.25) is 0 Å². The largest absolute Gasteiger partial charge is 0.465 e. The molecule has 2 rings (SSSR count). The van der Waals surface area contributed by atoms with Gasteiger partial charge in [0.2, 0.25) is 0 Å². The van der Waals surface area contributed by atoms with Crippen LogP contribution in [0.5, 0.6) is 5.75 Å². The van der Waals surface area contributed by atoms with Crippen LogP contribution in [0, 0.1) is 11.3 Å². The number of carbonyl (C=O) groups is 1. The van der Waals surface area contributed by atoms with Crippen LogP contribution < -0.4 is 4.74 Å². The van der Waals surface area contributed by atoms with Crippen molar-refractivity contribution in [2.24, 2.45) is 0 Å². The van der Waals surface area contributed by atoms with Crippen molar-refractivity contribution in [2.45, 2.75) is 0 Å². The van der Waals surface area contributed by atoms with Crippen molar-refractivity contribution in [3.05, 3.63) is 60.1 Å². The van der Waals surface area contributed by atoms with Gasteiger partial charge >= 0.3 is 5.97 Å². The van der Waals surface area contributed by atoms with Gasteiger partial charge in [-0.2, -0.15) is 5.26 Å². The summed E-state index contributed by atoms with van der Waals surface area (Å²) >= 11 is 0. The van der Waals surface area contributed by atoms with Gasteiger partial charge in [-0.1, -0.05) is 12.1 Å². The number of carbonyl (C=O) groups excluding carboxylic acids is 1. The lowest BCUT2D eigenvalue weighted by molar-refractivity contribution is -0.128. The molecule has 0 radical (unpaired) electrons.